The summed E-state index contributed by atoms with van der Waals surface area (Å²) in [6.45, 7) is 0. The predicted molar refractivity (Wildman–Crippen MR) is 85.6 cm³/mol. The molecule has 0 aliphatic rings. The largest absolute Gasteiger partial charge is 0.419 e. The van der Waals surface area contributed by atoms with Crippen LogP contribution >= 0.6 is 0 Å². The monoisotopic (exact) mass is 307 g/mol. The van der Waals surface area contributed by atoms with E-state index in [1.807, 2.05) is 36.4 Å². The first-order chi connectivity index (χ1) is 11.3. The summed E-state index contributed by atoms with van der Waals surface area (Å²) in [4.78, 5) is 23.8. The Balaban J connectivity index is 1.64. The summed E-state index contributed by atoms with van der Waals surface area (Å²) in [6, 6.07) is 18.2. The zero-order valence-corrected chi connectivity index (χ0v) is 12.0. The van der Waals surface area contributed by atoms with Gasteiger partial charge in [0.25, 0.3) is 0 Å². The SMILES string of the molecule is O=C(Nc1ncnc(Nc2ccccc2)n1)Oc1ccccc1. The molecule has 7 nitrogen and oxygen atoms in total. The van der Waals surface area contributed by atoms with Gasteiger partial charge in [-0.05, 0) is 24.3 Å². The van der Waals surface area contributed by atoms with Gasteiger partial charge >= 0.3 is 6.09 Å². The number of para-hydroxylation sites is 2. The van der Waals surface area contributed by atoms with Gasteiger partial charge in [-0.1, -0.05) is 36.4 Å². The molecule has 114 valence electrons. The third-order valence-corrected chi connectivity index (χ3v) is 2.77. The maximum absolute atomic E-state index is 11.8. The molecule has 0 bridgehead atoms. The topological polar surface area (TPSA) is 89.0 Å². The molecule has 0 atom stereocenters. The third kappa shape index (κ3) is 4.24. The molecule has 0 aliphatic heterocycles. The van der Waals surface area contributed by atoms with Crippen molar-refractivity contribution in [1.29, 1.82) is 0 Å². The number of carbonyl (C=O) groups excluding carboxylic acids is 1. The second kappa shape index (κ2) is 6.99. The van der Waals surface area contributed by atoms with Crippen LogP contribution in [0.5, 0.6) is 5.75 Å². The second-order valence-corrected chi connectivity index (χ2v) is 4.45. The Bertz CT molecular complexity index is 781. The fraction of sp³-hybridized carbons (Fsp3) is 0. The maximum Gasteiger partial charge on any atom is 0.419 e. The van der Waals surface area contributed by atoms with Crippen LogP contribution in [-0.4, -0.2) is 21.0 Å². The van der Waals surface area contributed by atoms with Crippen LogP contribution in [0.4, 0.5) is 22.4 Å². The van der Waals surface area contributed by atoms with Gasteiger partial charge in [-0.25, -0.2) is 14.8 Å². The molecule has 0 unspecified atom stereocenters. The number of benzene rings is 2. The minimum absolute atomic E-state index is 0.0966. The average molecular weight is 307 g/mol. The Morgan fingerprint density at radius 3 is 2.26 bits per heavy atom. The zero-order chi connectivity index (χ0) is 15.9. The molecule has 7 heteroatoms. The Morgan fingerprint density at radius 1 is 0.870 bits per heavy atom. The van der Waals surface area contributed by atoms with E-state index in [0.717, 1.165) is 5.69 Å². The number of aromatic nitrogens is 3. The van der Waals surface area contributed by atoms with Gasteiger partial charge in [0.05, 0.1) is 0 Å². The van der Waals surface area contributed by atoms with Gasteiger partial charge < -0.3 is 10.1 Å². The average Bonchev–Trinajstić information content (AvgIpc) is 2.57. The fourth-order valence-electron chi connectivity index (χ4n) is 1.78. The van der Waals surface area contributed by atoms with Gasteiger partial charge in [-0.15, -0.1) is 0 Å². The molecular formula is C16H13N5O2. The molecule has 0 radical (unpaired) electrons. The van der Waals surface area contributed by atoms with Crippen LogP contribution in [-0.2, 0) is 0 Å². The lowest BCUT2D eigenvalue weighted by atomic mass is 10.3. The Hall–Kier alpha value is -3.48. The number of rotatable bonds is 4. The summed E-state index contributed by atoms with van der Waals surface area (Å²) in [5, 5.41) is 5.47. The number of anilines is 3. The second-order valence-electron chi connectivity index (χ2n) is 4.45. The van der Waals surface area contributed by atoms with E-state index in [4.69, 9.17) is 4.74 Å². The first-order valence-corrected chi connectivity index (χ1v) is 6.84. The normalized spacial score (nSPS) is 9.91. The number of amides is 1. The van der Waals surface area contributed by atoms with E-state index in [1.54, 1.807) is 24.3 Å². The summed E-state index contributed by atoms with van der Waals surface area (Å²) in [5.74, 6) is 0.849. The number of nitrogens with zero attached hydrogens (tertiary/aromatic N) is 3. The molecule has 0 aliphatic carbocycles. The van der Waals surface area contributed by atoms with Gasteiger partial charge in [-0.2, -0.15) is 4.98 Å². The van der Waals surface area contributed by atoms with Crippen molar-refractivity contribution in [3.63, 3.8) is 0 Å². The lowest BCUT2D eigenvalue weighted by Crippen LogP contribution is -2.18. The molecule has 0 fully saturated rings. The van der Waals surface area contributed by atoms with E-state index in [0.29, 0.717) is 11.7 Å². The van der Waals surface area contributed by atoms with Crippen molar-refractivity contribution in [2.45, 2.75) is 0 Å². The van der Waals surface area contributed by atoms with Crippen LogP contribution in [0.1, 0.15) is 0 Å². The van der Waals surface area contributed by atoms with Crippen molar-refractivity contribution in [2.24, 2.45) is 0 Å². The number of ether oxygens (including phenoxy) is 1. The molecule has 3 rings (SSSR count). The summed E-state index contributed by atoms with van der Waals surface area (Å²) in [5.41, 5.74) is 0.830. The van der Waals surface area contributed by atoms with Crippen molar-refractivity contribution < 1.29 is 9.53 Å². The Kier molecular flexibility index (Phi) is 4.39. The van der Waals surface area contributed by atoms with E-state index in [-0.39, 0.29) is 5.95 Å². The molecule has 0 saturated carbocycles. The van der Waals surface area contributed by atoms with Gasteiger partial charge in [0.2, 0.25) is 11.9 Å². The highest BCUT2D eigenvalue weighted by atomic mass is 16.6. The number of carbonyl (C=O) groups is 1. The standard InChI is InChI=1S/C16H13N5O2/c22-16(23-13-9-5-2-6-10-13)21-15-18-11-17-14(20-15)19-12-7-3-1-4-8-12/h1-11H,(H2,17,18,19,20,21,22). The van der Waals surface area contributed by atoms with Crippen molar-refractivity contribution in [3.8, 4) is 5.75 Å². The number of nitrogens with one attached hydrogen (secondary N) is 2. The smallest absolute Gasteiger partial charge is 0.410 e. The van der Waals surface area contributed by atoms with E-state index < -0.39 is 6.09 Å². The number of hydrogen-bond acceptors (Lipinski definition) is 6. The van der Waals surface area contributed by atoms with E-state index >= 15 is 0 Å². The van der Waals surface area contributed by atoms with Crippen molar-refractivity contribution in [3.05, 3.63) is 67.0 Å². The lowest BCUT2D eigenvalue weighted by molar-refractivity contribution is 0.215. The van der Waals surface area contributed by atoms with Gasteiger partial charge in [0, 0.05) is 5.69 Å². The summed E-state index contributed by atoms with van der Waals surface area (Å²) >= 11 is 0. The molecule has 23 heavy (non-hydrogen) atoms. The molecule has 1 aromatic heterocycles. The first-order valence-electron chi connectivity index (χ1n) is 6.84. The minimum Gasteiger partial charge on any atom is -0.410 e. The van der Waals surface area contributed by atoms with Crippen LogP contribution in [0.25, 0.3) is 0 Å². The maximum atomic E-state index is 11.8. The number of hydrogen-bond donors (Lipinski definition) is 2. The predicted octanol–water partition coefficient (Wildman–Crippen LogP) is 3.23. The van der Waals surface area contributed by atoms with Crippen LogP contribution in [0.3, 0.4) is 0 Å². The Morgan fingerprint density at radius 2 is 1.52 bits per heavy atom. The molecule has 2 aromatic carbocycles. The highest BCUT2D eigenvalue weighted by Gasteiger charge is 2.08. The Labute approximate surface area is 132 Å². The zero-order valence-electron chi connectivity index (χ0n) is 12.0. The fourth-order valence-corrected chi connectivity index (χ4v) is 1.78. The van der Waals surface area contributed by atoms with Crippen LogP contribution in [0, 0.1) is 0 Å². The van der Waals surface area contributed by atoms with Gasteiger partial charge in [0.1, 0.15) is 12.1 Å². The summed E-state index contributed by atoms with van der Waals surface area (Å²) in [7, 11) is 0. The van der Waals surface area contributed by atoms with E-state index in [1.165, 1.54) is 6.33 Å². The highest BCUT2D eigenvalue weighted by Crippen LogP contribution is 2.13. The van der Waals surface area contributed by atoms with Crippen LogP contribution in [0.15, 0.2) is 67.0 Å². The van der Waals surface area contributed by atoms with E-state index in [9.17, 15) is 4.79 Å². The molecule has 2 N–H and O–H groups in total. The van der Waals surface area contributed by atoms with Crippen LogP contribution < -0.4 is 15.4 Å². The molecular weight excluding hydrogens is 294 g/mol. The lowest BCUT2D eigenvalue weighted by Gasteiger charge is -2.07. The summed E-state index contributed by atoms with van der Waals surface area (Å²) in [6.07, 6.45) is 0.629. The third-order valence-electron chi connectivity index (χ3n) is 2.77. The quantitative estimate of drug-likeness (QED) is 0.769. The van der Waals surface area contributed by atoms with Crippen LogP contribution in [0.2, 0.25) is 0 Å². The van der Waals surface area contributed by atoms with Crippen molar-refractivity contribution in [1.82, 2.24) is 15.0 Å². The molecule has 0 spiro atoms. The molecule has 1 amide bonds. The van der Waals surface area contributed by atoms with Crippen molar-refractivity contribution >= 4 is 23.7 Å². The van der Waals surface area contributed by atoms with Crippen molar-refractivity contribution in [2.75, 3.05) is 10.6 Å². The first kappa shape index (κ1) is 14.5. The van der Waals surface area contributed by atoms with Gasteiger partial charge in [0.15, 0.2) is 0 Å². The van der Waals surface area contributed by atoms with Gasteiger partial charge in [-0.3, -0.25) is 5.32 Å². The minimum atomic E-state index is -0.673. The molecule has 1 heterocycles. The molecule has 3 aromatic rings. The highest BCUT2D eigenvalue weighted by molar-refractivity contribution is 5.84. The summed E-state index contributed by atoms with van der Waals surface area (Å²) < 4.78 is 5.11. The van der Waals surface area contributed by atoms with E-state index in [2.05, 4.69) is 25.6 Å². The molecule has 0 saturated heterocycles.